The third kappa shape index (κ3) is 5.69. The highest BCUT2D eigenvalue weighted by atomic mass is 28.3. The summed E-state index contributed by atoms with van der Waals surface area (Å²) in [5, 5.41) is 10.1. The second kappa shape index (κ2) is 10.6. The van der Waals surface area contributed by atoms with Crippen LogP contribution in [0.15, 0.2) is 54.6 Å². The Morgan fingerprint density at radius 1 is 0.903 bits per heavy atom. The first-order chi connectivity index (χ1) is 15.2. The zero-order valence-corrected chi connectivity index (χ0v) is 20.5. The van der Waals surface area contributed by atoms with E-state index in [4.69, 9.17) is 0 Å². The van der Waals surface area contributed by atoms with Crippen LogP contribution in [0.5, 0.6) is 0 Å². The van der Waals surface area contributed by atoms with Crippen molar-refractivity contribution >= 4 is 8.80 Å². The Bertz CT molecular complexity index is 835. The van der Waals surface area contributed by atoms with Gasteiger partial charge in [0.05, 0.1) is 11.5 Å². The molecule has 1 saturated heterocycles. The first-order valence-corrected chi connectivity index (χ1v) is 15.2. The maximum atomic E-state index is 10.1. The monoisotopic (exact) mass is 429 g/mol. The maximum Gasteiger partial charge on any atom is 0.0689 e. The fourth-order valence-electron chi connectivity index (χ4n) is 6.20. The molecule has 0 aromatic heterocycles. The van der Waals surface area contributed by atoms with Crippen molar-refractivity contribution in [2.24, 2.45) is 11.3 Å². The van der Waals surface area contributed by atoms with Gasteiger partial charge in [-0.25, -0.2) is 0 Å². The van der Waals surface area contributed by atoms with Gasteiger partial charge in [-0.1, -0.05) is 98.9 Å². The molecule has 1 saturated carbocycles. The Balaban J connectivity index is 1.28. The van der Waals surface area contributed by atoms with Crippen molar-refractivity contribution in [1.29, 1.82) is 5.26 Å². The molecule has 2 fully saturated rings. The van der Waals surface area contributed by atoms with Gasteiger partial charge in [0.15, 0.2) is 0 Å². The molecule has 2 aromatic carbocycles. The minimum absolute atomic E-state index is 0.0435. The molecule has 0 N–H and O–H groups in total. The summed E-state index contributed by atoms with van der Waals surface area (Å²) < 4.78 is 0. The van der Waals surface area contributed by atoms with E-state index in [0.29, 0.717) is 5.92 Å². The predicted molar refractivity (Wildman–Crippen MR) is 135 cm³/mol. The van der Waals surface area contributed by atoms with Crippen LogP contribution in [0.4, 0.5) is 0 Å². The minimum Gasteiger partial charge on any atom is -0.198 e. The SMILES string of the molecule is CCC[Si@H]1CC[C@H](CCC2(C#N)CCC(c3ccc(-c4ccccc4)cc3)CC2)CC1. The number of hydrogen-bond donors (Lipinski definition) is 0. The van der Waals surface area contributed by atoms with Gasteiger partial charge < -0.3 is 0 Å². The molecule has 0 amide bonds. The van der Waals surface area contributed by atoms with Crippen LogP contribution in [-0.4, -0.2) is 8.80 Å². The highest BCUT2D eigenvalue weighted by Gasteiger charge is 2.36. The van der Waals surface area contributed by atoms with Gasteiger partial charge in [0.2, 0.25) is 0 Å². The van der Waals surface area contributed by atoms with Gasteiger partial charge in [-0.3, -0.25) is 0 Å². The van der Waals surface area contributed by atoms with Crippen LogP contribution in [-0.2, 0) is 0 Å². The van der Waals surface area contributed by atoms with Crippen molar-refractivity contribution in [3.05, 3.63) is 60.2 Å². The van der Waals surface area contributed by atoms with Crippen molar-refractivity contribution in [1.82, 2.24) is 0 Å². The van der Waals surface area contributed by atoms with Crippen LogP contribution < -0.4 is 0 Å². The average Bonchev–Trinajstić information content (AvgIpc) is 2.85. The van der Waals surface area contributed by atoms with Crippen molar-refractivity contribution in [2.75, 3.05) is 0 Å². The zero-order chi connectivity index (χ0) is 21.5. The fraction of sp³-hybridized carbons (Fsp3) is 0.552. The van der Waals surface area contributed by atoms with E-state index in [-0.39, 0.29) is 14.2 Å². The van der Waals surface area contributed by atoms with Crippen molar-refractivity contribution in [2.45, 2.75) is 88.8 Å². The lowest BCUT2D eigenvalue weighted by Gasteiger charge is -2.37. The predicted octanol–water partition coefficient (Wildman–Crippen LogP) is 8.35. The third-order valence-electron chi connectivity index (χ3n) is 8.36. The minimum atomic E-state index is -0.381. The lowest BCUT2D eigenvalue weighted by Crippen LogP contribution is -2.27. The van der Waals surface area contributed by atoms with Crippen LogP contribution in [0.25, 0.3) is 11.1 Å². The molecule has 0 spiro atoms. The fourth-order valence-corrected chi connectivity index (χ4v) is 9.77. The first kappa shape index (κ1) is 22.3. The first-order valence-electron chi connectivity index (χ1n) is 12.8. The summed E-state index contributed by atoms with van der Waals surface area (Å²) in [6.07, 6.45) is 11.3. The lowest BCUT2D eigenvalue weighted by molar-refractivity contribution is 0.208. The van der Waals surface area contributed by atoms with Gasteiger partial charge in [-0.05, 0) is 67.1 Å². The summed E-state index contributed by atoms with van der Waals surface area (Å²) in [6.45, 7) is 2.35. The van der Waals surface area contributed by atoms with Crippen molar-refractivity contribution in [3.8, 4) is 17.2 Å². The number of benzene rings is 2. The number of rotatable bonds is 7. The molecule has 31 heavy (non-hydrogen) atoms. The average molecular weight is 430 g/mol. The Labute approximate surface area is 191 Å². The summed E-state index contributed by atoms with van der Waals surface area (Å²) in [4.78, 5) is 0. The molecule has 2 aliphatic rings. The number of nitriles is 1. The quantitative estimate of drug-likeness (QED) is 0.406. The Morgan fingerprint density at radius 2 is 1.55 bits per heavy atom. The van der Waals surface area contributed by atoms with E-state index in [1.54, 1.807) is 18.1 Å². The maximum absolute atomic E-state index is 10.1. The molecule has 0 unspecified atom stereocenters. The van der Waals surface area contributed by atoms with Gasteiger partial charge in [0.25, 0.3) is 0 Å². The van der Waals surface area contributed by atoms with E-state index in [0.717, 1.165) is 25.2 Å². The standard InChI is InChI=1S/C29H39NSi/c1-2-20-31-21-15-24(16-22-31)12-17-29(23-30)18-13-28(14-19-29)27-10-8-26(9-11-27)25-6-4-3-5-7-25/h3-11,24,28,31H,2,12-22H2,1H3/t24-,28?,29?,31-. The number of hydrogen-bond acceptors (Lipinski definition) is 1. The summed E-state index contributed by atoms with van der Waals surface area (Å²) in [7, 11) is -0.381. The van der Waals surface area contributed by atoms with E-state index in [1.807, 2.05) is 0 Å². The molecule has 1 heterocycles. The smallest absolute Gasteiger partial charge is 0.0689 e. The molecule has 0 radical (unpaired) electrons. The molecule has 1 aliphatic heterocycles. The second-order valence-electron chi connectivity index (χ2n) is 10.4. The molecule has 1 nitrogen and oxygen atoms in total. The van der Waals surface area contributed by atoms with Crippen molar-refractivity contribution in [3.63, 3.8) is 0 Å². The van der Waals surface area contributed by atoms with Crippen LogP contribution in [0, 0.1) is 22.7 Å². The van der Waals surface area contributed by atoms with Gasteiger partial charge in [-0.15, -0.1) is 0 Å². The Hall–Kier alpha value is -1.85. The highest BCUT2D eigenvalue weighted by molar-refractivity contribution is 6.58. The lowest BCUT2D eigenvalue weighted by atomic mass is 9.67. The number of nitrogens with zero attached hydrogens (tertiary/aromatic N) is 1. The summed E-state index contributed by atoms with van der Waals surface area (Å²) in [5.41, 5.74) is 4.00. The topological polar surface area (TPSA) is 23.8 Å². The van der Waals surface area contributed by atoms with Gasteiger partial charge in [-0.2, -0.15) is 5.26 Å². The Kier molecular flexibility index (Phi) is 7.67. The molecule has 164 valence electrons. The van der Waals surface area contributed by atoms with Gasteiger partial charge in [0, 0.05) is 8.80 Å². The molecule has 1 aliphatic carbocycles. The molecule has 4 rings (SSSR count). The molecular weight excluding hydrogens is 390 g/mol. The van der Waals surface area contributed by atoms with E-state index in [9.17, 15) is 5.26 Å². The molecular formula is C29H39NSi. The van der Waals surface area contributed by atoms with Gasteiger partial charge in [0.1, 0.15) is 0 Å². The van der Waals surface area contributed by atoms with E-state index >= 15 is 0 Å². The highest BCUT2D eigenvalue weighted by Crippen LogP contribution is 2.47. The second-order valence-corrected chi connectivity index (χ2v) is 13.8. The third-order valence-corrected chi connectivity index (χ3v) is 12.1. The summed E-state index contributed by atoms with van der Waals surface area (Å²) >= 11 is 0. The van der Waals surface area contributed by atoms with E-state index in [2.05, 4.69) is 67.6 Å². The van der Waals surface area contributed by atoms with Gasteiger partial charge >= 0.3 is 0 Å². The molecule has 2 aromatic rings. The van der Waals surface area contributed by atoms with Crippen LogP contribution in [0.1, 0.15) is 76.2 Å². The van der Waals surface area contributed by atoms with E-state index < -0.39 is 0 Å². The largest absolute Gasteiger partial charge is 0.198 e. The zero-order valence-electron chi connectivity index (χ0n) is 19.4. The van der Waals surface area contributed by atoms with Crippen LogP contribution >= 0.6 is 0 Å². The summed E-state index contributed by atoms with van der Waals surface area (Å²) in [5.74, 6) is 1.54. The van der Waals surface area contributed by atoms with Crippen LogP contribution in [0.3, 0.4) is 0 Å². The molecule has 0 atom stereocenters. The Morgan fingerprint density at radius 3 is 2.16 bits per heavy atom. The van der Waals surface area contributed by atoms with Crippen LogP contribution in [0.2, 0.25) is 18.1 Å². The molecule has 2 heteroatoms. The summed E-state index contributed by atoms with van der Waals surface area (Å²) in [6, 6.07) is 27.3. The van der Waals surface area contributed by atoms with Crippen molar-refractivity contribution < 1.29 is 0 Å². The normalized spacial score (nSPS) is 28.7. The van der Waals surface area contributed by atoms with E-state index in [1.165, 1.54) is 55.2 Å². The molecule has 0 bridgehead atoms.